The van der Waals surface area contributed by atoms with E-state index in [1.54, 1.807) is 0 Å². The highest BCUT2D eigenvalue weighted by molar-refractivity contribution is 5.87. The summed E-state index contributed by atoms with van der Waals surface area (Å²) in [5, 5.41) is 1.10. The Kier molecular flexibility index (Phi) is 4.50. The van der Waals surface area contributed by atoms with Crippen LogP contribution in [0.25, 0.3) is 10.9 Å². The molecule has 3 nitrogen and oxygen atoms in total. The van der Waals surface area contributed by atoms with Crippen LogP contribution in [0.2, 0.25) is 0 Å². The maximum atomic E-state index is 12.5. The van der Waals surface area contributed by atoms with Gasteiger partial charge in [-0.15, -0.1) is 0 Å². The minimum absolute atomic E-state index is 0.202. The van der Waals surface area contributed by atoms with Crippen molar-refractivity contribution in [2.45, 2.75) is 33.1 Å². The van der Waals surface area contributed by atoms with Crippen LogP contribution in [0, 0.1) is 5.41 Å². The molecule has 0 amide bonds. The topological polar surface area (TPSA) is 56.0 Å². The second-order valence-corrected chi connectivity index (χ2v) is 5.29. The Balaban J connectivity index is 2.25. The van der Waals surface area contributed by atoms with Gasteiger partial charge in [0.25, 0.3) is 0 Å². The number of pyridine rings is 1. The summed E-state index contributed by atoms with van der Waals surface area (Å²) >= 11 is 0. The van der Waals surface area contributed by atoms with Crippen LogP contribution in [0.3, 0.4) is 0 Å². The normalized spacial score (nSPS) is 11.8. The molecule has 0 aliphatic rings. The van der Waals surface area contributed by atoms with Crippen LogP contribution in [-0.4, -0.2) is 17.3 Å². The fraction of sp³-hybridized carbons (Fsp3) is 0.412. The highest BCUT2D eigenvalue weighted by Crippen LogP contribution is 2.27. The van der Waals surface area contributed by atoms with Gasteiger partial charge in [0.2, 0.25) is 0 Å². The van der Waals surface area contributed by atoms with Gasteiger partial charge in [0.15, 0.2) is 0 Å². The second kappa shape index (κ2) is 6.14. The van der Waals surface area contributed by atoms with Crippen molar-refractivity contribution in [1.29, 1.82) is 0 Å². The molecule has 20 heavy (non-hydrogen) atoms. The Morgan fingerprint density at radius 3 is 2.50 bits per heavy atom. The number of hydrogen-bond acceptors (Lipinski definition) is 3. The van der Waals surface area contributed by atoms with Crippen LogP contribution in [0.15, 0.2) is 36.4 Å². The average Bonchev–Trinajstić information content (AvgIpc) is 2.49. The molecule has 1 aromatic carbocycles. The first kappa shape index (κ1) is 14.7. The molecular weight excluding hydrogens is 248 g/mol. The van der Waals surface area contributed by atoms with Gasteiger partial charge in [-0.25, -0.2) is 0 Å². The number of aromatic nitrogens is 1. The highest BCUT2D eigenvalue weighted by Gasteiger charge is 2.32. The molecule has 0 aliphatic carbocycles. The van der Waals surface area contributed by atoms with Crippen LogP contribution in [0.4, 0.5) is 0 Å². The number of carbonyl (C=O) groups excluding carboxylic acids is 1. The molecule has 0 atom stereocenters. The van der Waals surface area contributed by atoms with Gasteiger partial charge in [-0.1, -0.05) is 38.1 Å². The smallest absolute Gasteiger partial charge is 0.146 e. The molecule has 2 aromatic rings. The lowest BCUT2D eigenvalue weighted by atomic mass is 9.77. The summed E-state index contributed by atoms with van der Waals surface area (Å²) in [5.74, 6) is 0.202. The van der Waals surface area contributed by atoms with Crippen molar-refractivity contribution < 1.29 is 4.79 Å². The minimum atomic E-state index is -0.396. The summed E-state index contributed by atoms with van der Waals surface area (Å²) < 4.78 is 0. The van der Waals surface area contributed by atoms with Crippen molar-refractivity contribution in [2.24, 2.45) is 11.1 Å². The van der Waals surface area contributed by atoms with Crippen molar-refractivity contribution in [3.05, 3.63) is 42.1 Å². The third-order valence-corrected chi connectivity index (χ3v) is 4.33. The van der Waals surface area contributed by atoms with Gasteiger partial charge in [0.1, 0.15) is 5.78 Å². The van der Waals surface area contributed by atoms with Gasteiger partial charge in [-0.3, -0.25) is 9.78 Å². The molecule has 1 aromatic heterocycles. The zero-order valence-corrected chi connectivity index (χ0v) is 12.2. The molecule has 0 spiro atoms. The summed E-state index contributed by atoms with van der Waals surface area (Å²) in [6.45, 7) is 4.47. The SMILES string of the molecule is CCC(CC)(CN)C(=O)Cc1ccc2ccccc2n1. The van der Waals surface area contributed by atoms with E-state index in [0.717, 1.165) is 29.4 Å². The van der Waals surface area contributed by atoms with Crippen LogP contribution >= 0.6 is 0 Å². The first-order valence-corrected chi connectivity index (χ1v) is 7.23. The number of hydrogen-bond donors (Lipinski definition) is 1. The number of carbonyl (C=O) groups is 1. The molecule has 0 bridgehead atoms. The summed E-state index contributed by atoms with van der Waals surface area (Å²) in [5.41, 5.74) is 7.20. The molecule has 0 unspecified atom stereocenters. The van der Waals surface area contributed by atoms with Crippen molar-refractivity contribution in [2.75, 3.05) is 6.54 Å². The summed E-state index contributed by atoms with van der Waals surface area (Å²) in [6, 6.07) is 11.9. The van der Waals surface area contributed by atoms with E-state index in [1.807, 2.05) is 50.2 Å². The standard InChI is InChI=1S/C17H22N2O/c1-3-17(4-2,12-18)16(20)11-14-10-9-13-7-5-6-8-15(13)19-14/h5-10H,3-4,11-12,18H2,1-2H3. The van der Waals surface area contributed by atoms with E-state index in [2.05, 4.69) is 4.98 Å². The number of para-hydroxylation sites is 1. The Hall–Kier alpha value is -1.74. The lowest BCUT2D eigenvalue weighted by Crippen LogP contribution is -2.38. The molecular formula is C17H22N2O. The van der Waals surface area contributed by atoms with Crippen LogP contribution < -0.4 is 5.73 Å². The third kappa shape index (κ3) is 2.73. The molecule has 1 heterocycles. The maximum absolute atomic E-state index is 12.5. The van der Waals surface area contributed by atoms with E-state index in [4.69, 9.17) is 5.73 Å². The molecule has 0 radical (unpaired) electrons. The minimum Gasteiger partial charge on any atom is -0.329 e. The zero-order chi connectivity index (χ0) is 14.6. The summed E-state index contributed by atoms with van der Waals surface area (Å²) in [6.07, 6.45) is 1.93. The highest BCUT2D eigenvalue weighted by atomic mass is 16.1. The van der Waals surface area contributed by atoms with E-state index in [1.165, 1.54) is 0 Å². The summed E-state index contributed by atoms with van der Waals surface area (Å²) in [4.78, 5) is 17.1. The van der Waals surface area contributed by atoms with Crippen molar-refractivity contribution in [3.8, 4) is 0 Å². The lowest BCUT2D eigenvalue weighted by Gasteiger charge is -2.28. The van der Waals surface area contributed by atoms with Crippen molar-refractivity contribution in [1.82, 2.24) is 4.98 Å². The van der Waals surface area contributed by atoms with Gasteiger partial charge in [0, 0.05) is 29.5 Å². The molecule has 106 valence electrons. The Bertz CT molecular complexity index is 594. The Labute approximate surface area is 120 Å². The second-order valence-electron chi connectivity index (χ2n) is 5.29. The predicted octanol–water partition coefficient (Wildman–Crippen LogP) is 3.11. The number of nitrogens with zero attached hydrogens (tertiary/aromatic N) is 1. The number of ketones is 1. The average molecular weight is 270 g/mol. The Morgan fingerprint density at radius 1 is 1.15 bits per heavy atom. The van der Waals surface area contributed by atoms with Gasteiger partial charge >= 0.3 is 0 Å². The quantitative estimate of drug-likeness (QED) is 0.877. The van der Waals surface area contributed by atoms with E-state index < -0.39 is 5.41 Å². The predicted molar refractivity (Wildman–Crippen MR) is 82.5 cm³/mol. The van der Waals surface area contributed by atoms with Crippen molar-refractivity contribution in [3.63, 3.8) is 0 Å². The van der Waals surface area contributed by atoms with Crippen LogP contribution in [-0.2, 0) is 11.2 Å². The number of nitrogens with two attached hydrogens (primary N) is 1. The van der Waals surface area contributed by atoms with Gasteiger partial charge in [-0.2, -0.15) is 0 Å². The van der Waals surface area contributed by atoms with Crippen LogP contribution in [0.1, 0.15) is 32.4 Å². The zero-order valence-electron chi connectivity index (χ0n) is 12.2. The van der Waals surface area contributed by atoms with E-state index in [9.17, 15) is 4.79 Å². The van der Waals surface area contributed by atoms with Gasteiger partial charge in [0.05, 0.1) is 5.52 Å². The van der Waals surface area contributed by atoms with E-state index >= 15 is 0 Å². The number of Topliss-reactive ketones (excluding diaryl/α,β-unsaturated/α-hetero) is 1. The van der Waals surface area contributed by atoms with Gasteiger partial charge in [-0.05, 0) is 25.0 Å². The number of benzene rings is 1. The maximum Gasteiger partial charge on any atom is 0.146 e. The van der Waals surface area contributed by atoms with Crippen LogP contribution in [0.5, 0.6) is 0 Å². The molecule has 0 saturated heterocycles. The fourth-order valence-corrected chi connectivity index (χ4v) is 2.61. The monoisotopic (exact) mass is 270 g/mol. The number of rotatable bonds is 6. The van der Waals surface area contributed by atoms with Crippen molar-refractivity contribution >= 4 is 16.7 Å². The molecule has 2 rings (SSSR count). The molecule has 0 aliphatic heterocycles. The largest absolute Gasteiger partial charge is 0.329 e. The molecule has 0 fully saturated rings. The summed E-state index contributed by atoms with van der Waals surface area (Å²) in [7, 11) is 0. The first-order valence-electron chi connectivity index (χ1n) is 7.23. The number of fused-ring (bicyclic) bond motifs is 1. The Morgan fingerprint density at radius 2 is 1.85 bits per heavy atom. The molecule has 3 heteroatoms. The molecule has 0 saturated carbocycles. The van der Waals surface area contributed by atoms with E-state index in [0.29, 0.717) is 13.0 Å². The lowest BCUT2D eigenvalue weighted by molar-refractivity contribution is -0.128. The molecule has 2 N–H and O–H groups in total. The van der Waals surface area contributed by atoms with Gasteiger partial charge < -0.3 is 5.73 Å². The van der Waals surface area contributed by atoms with E-state index in [-0.39, 0.29) is 5.78 Å². The third-order valence-electron chi connectivity index (χ3n) is 4.33. The first-order chi connectivity index (χ1) is 9.65. The fourth-order valence-electron chi connectivity index (χ4n) is 2.61.